The minimum atomic E-state index is -0.473. The lowest BCUT2D eigenvalue weighted by Crippen LogP contribution is -2.44. The SMILES string of the molecule is COC(=O)CN[C@H](C(=O)OC)C(C)C. The summed E-state index contributed by atoms with van der Waals surface area (Å²) in [6, 6.07) is -0.473. The van der Waals surface area contributed by atoms with E-state index in [4.69, 9.17) is 0 Å². The fraction of sp³-hybridized carbons (Fsp3) is 0.778. The second-order valence-corrected chi connectivity index (χ2v) is 3.20. The second-order valence-electron chi connectivity index (χ2n) is 3.20. The lowest BCUT2D eigenvalue weighted by molar-refractivity contribution is -0.145. The average molecular weight is 203 g/mol. The number of esters is 2. The van der Waals surface area contributed by atoms with Crippen molar-refractivity contribution in [3.8, 4) is 0 Å². The fourth-order valence-corrected chi connectivity index (χ4v) is 0.984. The van der Waals surface area contributed by atoms with Gasteiger partial charge in [0.25, 0.3) is 0 Å². The molecule has 0 bridgehead atoms. The molecule has 0 amide bonds. The van der Waals surface area contributed by atoms with E-state index in [1.807, 2.05) is 13.8 Å². The molecule has 0 aliphatic heterocycles. The molecule has 5 nitrogen and oxygen atoms in total. The summed E-state index contributed by atoms with van der Waals surface area (Å²) in [5.74, 6) is -0.712. The van der Waals surface area contributed by atoms with Crippen LogP contribution in [0.4, 0.5) is 0 Å². The van der Waals surface area contributed by atoms with E-state index in [1.165, 1.54) is 14.2 Å². The molecule has 0 aliphatic rings. The van der Waals surface area contributed by atoms with Crippen LogP contribution in [-0.2, 0) is 19.1 Å². The highest BCUT2D eigenvalue weighted by Crippen LogP contribution is 2.02. The van der Waals surface area contributed by atoms with Gasteiger partial charge in [-0.2, -0.15) is 0 Å². The summed E-state index contributed by atoms with van der Waals surface area (Å²) in [5, 5.41) is 2.77. The molecule has 0 aromatic carbocycles. The lowest BCUT2D eigenvalue weighted by atomic mass is 10.1. The van der Waals surface area contributed by atoms with Crippen LogP contribution in [-0.4, -0.2) is 38.7 Å². The van der Waals surface area contributed by atoms with Crippen LogP contribution in [0.1, 0.15) is 13.8 Å². The van der Waals surface area contributed by atoms with Gasteiger partial charge in [0.2, 0.25) is 0 Å². The molecule has 14 heavy (non-hydrogen) atoms. The van der Waals surface area contributed by atoms with Gasteiger partial charge in [0.1, 0.15) is 6.04 Å². The van der Waals surface area contributed by atoms with E-state index in [0.29, 0.717) is 0 Å². The molecule has 0 unspecified atom stereocenters. The zero-order valence-corrected chi connectivity index (χ0v) is 8.99. The molecule has 0 spiro atoms. The molecule has 0 aromatic rings. The molecular formula is C9H17NO4. The molecule has 1 atom stereocenters. The Morgan fingerprint density at radius 3 is 2.14 bits per heavy atom. The number of hydrogen-bond donors (Lipinski definition) is 1. The molecule has 0 rings (SSSR count). The highest BCUT2D eigenvalue weighted by atomic mass is 16.5. The van der Waals surface area contributed by atoms with E-state index in [2.05, 4.69) is 14.8 Å². The standard InChI is InChI=1S/C9H17NO4/c1-6(2)8(9(12)14-4)10-5-7(11)13-3/h6,8,10H,5H2,1-4H3/t8-/m0/s1. The Bertz CT molecular complexity index is 203. The molecular weight excluding hydrogens is 186 g/mol. The first-order chi connectivity index (χ1) is 6.52. The summed E-state index contributed by atoms with van der Waals surface area (Å²) in [6.45, 7) is 3.74. The molecule has 82 valence electrons. The molecule has 0 aromatic heterocycles. The molecule has 0 heterocycles. The van der Waals surface area contributed by atoms with E-state index in [0.717, 1.165) is 0 Å². The quantitative estimate of drug-likeness (QED) is 0.634. The van der Waals surface area contributed by atoms with Gasteiger partial charge >= 0.3 is 11.9 Å². The Labute approximate surface area is 83.8 Å². The molecule has 0 fully saturated rings. The van der Waals surface area contributed by atoms with Gasteiger partial charge in [-0.25, -0.2) is 0 Å². The summed E-state index contributed by atoms with van der Waals surface area (Å²) in [6.07, 6.45) is 0. The van der Waals surface area contributed by atoms with Gasteiger partial charge in [0.05, 0.1) is 20.8 Å². The Kier molecular flexibility index (Phi) is 5.87. The second kappa shape index (κ2) is 6.37. The number of carbonyl (C=O) groups excluding carboxylic acids is 2. The van der Waals surface area contributed by atoms with Gasteiger partial charge in [-0.3, -0.25) is 14.9 Å². The summed E-state index contributed by atoms with van der Waals surface area (Å²) in [4.78, 5) is 22.0. The summed E-state index contributed by atoms with van der Waals surface area (Å²) in [7, 11) is 2.62. The average Bonchev–Trinajstić information content (AvgIpc) is 2.16. The minimum Gasteiger partial charge on any atom is -0.468 e. The fourth-order valence-electron chi connectivity index (χ4n) is 0.984. The summed E-state index contributed by atoms with van der Waals surface area (Å²) >= 11 is 0. The van der Waals surface area contributed by atoms with Crippen LogP contribution in [0.15, 0.2) is 0 Å². The monoisotopic (exact) mass is 203 g/mol. The van der Waals surface area contributed by atoms with Crippen LogP contribution in [0, 0.1) is 5.92 Å². The van der Waals surface area contributed by atoms with Crippen LogP contribution in [0.5, 0.6) is 0 Å². The van der Waals surface area contributed by atoms with Crippen LogP contribution in [0.3, 0.4) is 0 Å². The molecule has 0 radical (unpaired) electrons. The van der Waals surface area contributed by atoms with E-state index in [-0.39, 0.29) is 18.4 Å². The Morgan fingerprint density at radius 1 is 1.21 bits per heavy atom. The van der Waals surface area contributed by atoms with Gasteiger partial charge in [-0.15, -0.1) is 0 Å². The third kappa shape index (κ3) is 4.23. The third-order valence-corrected chi connectivity index (χ3v) is 1.82. The number of hydrogen-bond acceptors (Lipinski definition) is 5. The zero-order valence-electron chi connectivity index (χ0n) is 8.99. The van der Waals surface area contributed by atoms with Crippen molar-refractivity contribution in [3.63, 3.8) is 0 Å². The van der Waals surface area contributed by atoms with Crippen molar-refractivity contribution in [1.82, 2.24) is 5.32 Å². The molecule has 0 aliphatic carbocycles. The van der Waals surface area contributed by atoms with E-state index >= 15 is 0 Å². The third-order valence-electron chi connectivity index (χ3n) is 1.82. The maximum absolute atomic E-state index is 11.2. The predicted molar refractivity (Wildman–Crippen MR) is 50.7 cm³/mol. The maximum atomic E-state index is 11.2. The smallest absolute Gasteiger partial charge is 0.323 e. The predicted octanol–water partition coefficient (Wildman–Crippen LogP) is -0.0534. The van der Waals surface area contributed by atoms with Gasteiger partial charge in [-0.1, -0.05) is 13.8 Å². The van der Waals surface area contributed by atoms with Crippen molar-refractivity contribution >= 4 is 11.9 Å². The van der Waals surface area contributed by atoms with Crippen molar-refractivity contribution in [2.45, 2.75) is 19.9 Å². The first kappa shape index (κ1) is 12.9. The van der Waals surface area contributed by atoms with Crippen molar-refractivity contribution in [2.75, 3.05) is 20.8 Å². The van der Waals surface area contributed by atoms with Crippen molar-refractivity contribution in [1.29, 1.82) is 0 Å². The van der Waals surface area contributed by atoms with Crippen LogP contribution < -0.4 is 5.32 Å². The van der Waals surface area contributed by atoms with Crippen LogP contribution in [0.25, 0.3) is 0 Å². The largest absolute Gasteiger partial charge is 0.468 e. The minimum absolute atomic E-state index is 0.00838. The molecule has 0 saturated heterocycles. The zero-order chi connectivity index (χ0) is 11.1. The summed E-state index contributed by atoms with van der Waals surface area (Å²) < 4.78 is 9.03. The molecule has 1 N–H and O–H groups in total. The number of carbonyl (C=O) groups is 2. The number of ether oxygens (including phenoxy) is 2. The maximum Gasteiger partial charge on any atom is 0.323 e. The Morgan fingerprint density at radius 2 is 1.79 bits per heavy atom. The molecule has 5 heteroatoms. The highest BCUT2D eigenvalue weighted by Gasteiger charge is 2.22. The number of rotatable bonds is 5. The number of methoxy groups -OCH3 is 2. The first-order valence-corrected chi connectivity index (χ1v) is 4.41. The molecule has 0 saturated carbocycles. The van der Waals surface area contributed by atoms with Crippen molar-refractivity contribution < 1.29 is 19.1 Å². The van der Waals surface area contributed by atoms with Crippen LogP contribution >= 0.6 is 0 Å². The van der Waals surface area contributed by atoms with E-state index in [1.54, 1.807) is 0 Å². The van der Waals surface area contributed by atoms with Crippen LogP contribution in [0.2, 0.25) is 0 Å². The Hall–Kier alpha value is -1.10. The van der Waals surface area contributed by atoms with Crippen molar-refractivity contribution in [2.24, 2.45) is 5.92 Å². The van der Waals surface area contributed by atoms with Gasteiger partial charge in [0.15, 0.2) is 0 Å². The van der Waals surface area contributed by atoms with Crippen molar-refractivity contribution in [3.05, 3.63) is 0 Å². The highest BCUT2D eigenvalue weighted by molar-refractivity contribution is 5.77. The Balaban J connectivity index is 4.11. The summed E-state index contributed by atoms with van der Waals surface area (Å²) in [5.41, 5.74) is 0. The van der Waals surface area contributed by atoms with E-state index < -0.39 is 12.0 Å². The van der Waals surface area contributed by atoms with E-state index in [9.17, 15) is 9.59 Å². The number of nitrogens with one attached hydrogen (secondary N) is 1. The van der Waals surface area contributed by atoms with Gasteiger partial charge in [0, 0.05) is 0 Å². The van der Waals surface area contributed by atoms with Gasteiger partial charge in [-0.05, 0) is 5.92 Å². The topological polar surface area (TPSA) is 64.6 Å². The first-order valence-electron chi connectivity index (χ1n) is 4.41. The lowest BCUT2D eigenvalue weighted by Gasteiger charge is -2.18. The van der Waals surface area contributed by atoms with Gasteiger partial charge < -0.3 is 9.47 Å². The normalized spacial score (nSPS) is 12.4.